The summed E-state index contributed by atoms with van der Waals surface area (Å²) in [7, 11) is 0. The standard InChI is InChI=1S/C15H9Cl2F3N4O6/c1-2-21(14-10(16)4-8(23(27)28)5-11(14)17)13-9(15(18,19)20)3-7(22(25)26)6-12(13)24(29)30/h3-6H,2H2,1H3. The van der Waals surface area contributed by atoms with Crippen molar-refractivity contribution in [3.63, 3.8) is 0 Å². The van der Waals surface area contributed by atoms with Crippen LogP contribution in [0.15, 0.2) is 24.3 Å². The smallest absolute Gasteiger partial charge is 0.333 e. The van der Waals surface area contributed by atoms with Crippen LogP contribution in [-0.2, 0) is 6.18 Å². The van der Waals surface area contributed by atoms with E-state index < -0.39 is 59.3 Å². The van der Waals surface area contributed by atoms with Gasteiger partial charge in [0, 0.05) is 24.7 Å². The maximum atomic E-state index is 13.7. The molecule has 0 N–H and O–H groups in total. The molecule has 30 heavy (non-hydrogen) atoms. The molecule has 10 nitrogen and oxygen atoms in total. The van der Waals surface area contributed by atoms with E-state index in [0.717, 1.165) is 17.0 Å². The second-order valence-electron chi connectivity index (χ2n) is 5.63. The van der Waals surface area contributed by atoms with E-state index in [9.17, 15) is 43.5 Å². The number of nitro benzene ring substituents is 3. The average Bonchev–Trinajstić information content (AvgIpc) is 2.62. The first-order valence-corrected chi connectivity index (χ1v) is 8.50. The maximum absolute atomic E-state index is 13.7. The minimum atomic E-state index is -5.22. The number of alkyl halides is 3. The molecule has 0 aliphatic heterocycles. The normalized spacial score (nSPS) is 11.3. The van der Waals surface area contributed by atoms with E-state index in [-0.39, 0.29) is 18.3 Å². The fourth-order valence-electron chi connectivity index (χ4n) is 2.69. The first kappa shape index (κ1) is 23.1. The SMILES string of the molecule is CCN(c1c(Cl)cc([N+](=O)[O-])cc1Cl)c1c([N+](=O)[O-])cc([N+](=O)[O-])cc1C(F)(F)F. The molecule has 0 unspecified atom stereocenters. The maximum Gasteiger partial charge on any atom is 0.418 e. The number of anilines is 2. The highest BCUT2D eigenvalue weighted by atomic mass is 35.5. The fourth-order valence-corrected chi connectivity index (χ4v) is 3.37. The second kappa shape index (κ2) is 8.28. The molecule has 15 heteroatoms. The third-order valence-corrected chi connectivity index (χ3v) is 4.43. The van der Waals surface area contributed by atoms with Crippen molar-refractivity contribution in [3.05, 3.63) is 70.2 Å². The summed E-state index contributed by atoms with van der Waals surface area (Å²) < 4.78 is 41.1. The summed E-state index contributed by atoms with van der Waals surface area (Å²) in [5.74, 6) is 0. The molecule has 0 aromatic heterocycles. The van der Waals surface area contributed by atoms with Crippen LogP contribution in [-0.4, -0.2) is 21.3 Å². The Bertz CT molecular complexity index is 1040. The van der Waals surface area contributed by atoms with E-state index in [1.807, 2.05) is 0 Å². The molecule has 2 rings (SSSR count). The van der Waals surface area contributed by atoms with E-state index in [0.29, 0.717) is 6.07 Å². The zero-order chi connectivity index (χ0) is 23.0. The predicted octanol–water partition coefficient (Wildman–Crippen LogP) is 5.89. The van der Waals surface area contributed by atoms with Gasteiger partial charge in [-0.25, -0.2) is 0 Å². The van der Waals surface area contributed by atoms with Gasteiger partial charge in [0.05, 0.1) is 42.1 Å². The zero-order valence-corrected chi connectivity index (χ0v) is 16.2. The first-order chi connectivity index (χ1) is 13.8. The van der Waals surface area contributed by atoms with Gasteiger partial charge in [-0.1, -0.05) is 23.2 Å². The summed E-state index contributed by atoms with van der Waals surface area (Å²) in [6, 6.07) is 2.16. The van der Waals surface area contributed by atoms with E-state index in [1.165, 1.54) is 6.92 Å². The van der Waals surface area contributed by atoms with Gasteiger partial charge in [-0.15, -0.1) is 0 Å². The Balaban J connectivity index is 2.94. The molecular formula is C15H9Cl2F3N4O6. The minimum absolute atomic E-state index is 0.151. The zero-order valence-electron chi connectivity index (χ0n) is 14.6. The second-order valence-corrected chi connectivity index (χ2v) is 6.45. The lowest BCUT2D eigenvalue weighted by atomic mass is 10.1. The molecule has 0 heterocycles. The van der Waals surface area contributed by atoms with Gasteiger partial charge < -0.3 is 4.90 Å². The summed E-state index contributed by atoms with van der Waals surface area (Å²) >= 11 is 12.0. The molecular weight excluding hydrogens is 460 g/mol. The van der Waals surface area contributed by atoms with Crippen LogP contribution in [0.3, 0.4) is 0 Å². The summed E-state index contributed by atoms with van der Waals surface area (Å²) in [6.07, 6.45) is -5.22. The van der Waals surface area contributed by atoms with Crippen LogP contribution in [0.4, 0.5) is 41.6 Å². The predicted molar refractivity (Wildman–Crippen MR) is 101 cm³/mol. The number of rotatable bonds is 6. The van der Waals surface area contributed by atoms with Gasteiger partial charge in [-0.3, -0.25) is 30.3 Å². The molecule has 0 radical (unpaired) electrons. The summed E-state index contributed by atoms with van der Waals surface area (Å²) in [5, 5.41) is 32.5. The molecule has 2 aromatic rings. The molecule has 0 bridgehead atoms. The number of non-ortho nitro benzene ring substituents is 2. The first-order valence-electron chi connectivity index (χ1n) is 7.74. The van der Waals surface area contributed by atoms with Crippen molar-refractivity contribution >= 4 is 51.6 Å². The molecule has 0 amide bonds. The molecule has 0 saturated heterocycles. The topological polar surface area (TPSA) is 133 Å². The van der Waals surface area contributed by atoms with Gasteiger partial charge >= 0.3 is 6.18 Å². The van der Waals surface area contributed by atoms with Crippen molar-refractivity contribution in [1.82, 2.24) is 0 Å². The van der Waals surface area contributed by atoms with Crippen molar-refractivity contribution in [2.45, 2.75) is 13.1 Å². The number of nitro groups is 3. The van der Waals surface area contributed by atoms with Gasteiger partial charge in [0.2, 0.25) is 0 Å². The third-order valence-electron chi connectivity index (χ3n) is 3.86. The molecule has 0 aliphatic rings. The monoisotopic (exact) mass is 468 g/mol. The van der Waals surface area contributed by atoms with Crippen molar-refractivity contribution in [1.29, 1.82) is 0 Å². The Morgan fingerprint density at radius 2 is 1.33 bits per heavy atom. The highest BCUT2D eigenvalue weighted by Crippen LogP contribution is 2.49. The van der Waals surface area contributed by atoms with Gasteiger partial charge in [-0.2, -0.15) is 13.2 Å². The lowest BCUT2D eigenvalue weighted by molar-refractivity contribution is -0.394. The van der Waals surface area contributed by atoms with E-state index in [1.54, 1.807) is 0 Å². The Kier molecular flexibility index (Phi) is 6.37. The number of benzene rings is 2. The molecule has 0 saturated carbocycles. The van der Waals surface area contributed by atoms with Crippen LogP contribution >= 0.6 is 23.2 Å². The number of hydrogen-bond acceptors (Lipinski definition) is 7. The Morgan fingerprint density at radius 1 is 0.867 bits per heavy atom. The lowest BCUT2D eigenvalue weighted by Crippen LogP contribution is -2.23. The summed E-state index contributed by atoms with van der Waals surface area (Å²) in [6.45, 7) is 0.971. The number of hydrogen-bond donors (Lipinski definition) is 0. The summed E-state index contributed by atoms with van der Waals surface area (Å²) in [4.78, 5) is 30.9. The van der Waals surface area contributed by atoms with Crippen LogP contribution in [0.25, 0.3) is 0 Å². The fraction of sp³-hybridized carbons (Fsp3) is 0.200. The van der Waals surface area contributed by atoms with Crippen LogP contribution in [0.5, 0.6) is 0 Å². The van der Waals surface area contributed by atoms with Crippen LogP contribution < -0.4 is 4.90 Å². The van der Waals surface area contributed by atoms with Gasteiger partial charge in [0.15, 0.2) is 0 Å². The summed E-state index contributed by atoms with van der Waals surface area (Å²) in [5.41, 5.74) is -6.00. The van der Waals surface area contributed by atoms with Crippen molar-refractivity contribution in [2.75, 3.05) is 11.4 Å². The minimum Gasteiger partial charge on any atom is -0.333 e. The molecule has 160 valence electrons. The highest BCUT2D eigenvalue weighted by molar-refractivity contribution is 6.39. The molecule has 0 aliphatic carbocycles. The molecule has 0 atom stereocenters. The molecule has 0 spiro atoms. The number of halogens is 5. The Morgan fingerprint density at radius 3 is 1.70 bits per heavy atom. The van der Waals surface area contributed by atoms with E-state index >= 15 is 0 Å². The van der Waals surface area contributed by atoms with Gasteiger partial charge in [0.25, 0.3) is 17.1 Å². The average molecular weight is 469 g/mol. The highest BCUT2D eigenvalue weighted by Gasteiger charge is 2.42. The van der Waals surface area contributed by atoms with Crippen molar-refractivity contribution in [2.24, 2.45) is 0 Å². The van der Waals surface area contributed by atoms with Crippen molar-refractivity contribution < 1.29 is 27.9 Å². The Hall–Kier alpha value is -3.19. The molecule has 2 aromatic carbocycles. The van der Waals surface area contributed by atoms with E-state index in [2.05, 4.69) is 0 Å². The van der Waals surface area contributed by atoms with E-state index in [4.69, 9.17) is 23.2 Å². The largest absolute Gasteiger partial charge is 0.418 e. The van der Waals surface area contributed by atoms with Gasteiger partial charge in [0.1, 0.15) is 5.69 Å². The van der Waals surface area contributed by atoms with Crippen molar-refractivity contribution in [3.8, 4) is 0 Å². The molecule has 0 fully saturated rings. The van der Waals surface area contributed by atoms with Gasteiger partial charge in [-0.05, 0) is 6.92 Å². The lowest BCUT2D eigenvalue weighted by Gasteiger charge is -2.27. The quantitative estimate of drug-likeness (QED) is 0.380. The number of nitrogens with zero attached hydrogens (tertiary/aromatic N) is 4. The third kappa shape index (κ3) is 4.36. The van der Waals surface area contributed by atoms with Crippen LogP contribution in [0.1, 0.15) is 12.5 Å². The Labute approximate surface area is 174 Å². The van der Waals surface area contributed by atoms with Crippen LogP contribution in [0, 0.1) is 30.3 Å². The van der Waals surface area contributed by atoms with Crippen LogP contribution in [0.2, 0.25) is 10.0 Å².